The van der Waals surface area contributed by atoms with Crippen molar-refractivity contribution in [3.05, 3.63) is 53.9 Å². The molecule has 2 unspecified atom stereocenters. The molecule has 0 bridgehead atoms. The van der Waals surface area contributed by atoms with Crippen LogP contribution in [0, 0.1) is 0 Å². The first kappa shape index (κ1) is 24.9. The highest BCUT2D eigenvalue weighted by Gasteiger charge is 2.59. The van der Waals surface area contributed by atoms with E-state index >= 15 is 0 Å². The first-order chi connectivity index (χ1) is 16.4. The summed E-state index contributed by atoms with van der Waals surface area (Å²) >= 11 is 0. The van der Waals surface area contributed by atoms with E-state index in [1.807, 2.05) is 0 Å². The van der Waals surface area contributed by atoms with Crippen molar-refractivity contribution in [2.45, 2.75) is 54.7 Å². The molecule has 0 radical (unpaired) electrons. The Balaban J connectivity index is 1.63. The lowest BCUT2D eigenvalue weighted by molar-refractivity contribution is -0.148. The van der Waals surface area contributed by atoms with Gasteiger partial charge in [-0.25, -0.2) is 32.2 Å². The lowest BCUT2D eigenvalue weighted by Crippen LogP contribution is -2.56. The number of carbonyl (C=O) groups is 2. The van der Waals surface area contributed by atoms with Gasteiger partial charge in [0.2, 0.25) is 15.7 Å². The van der Waals surface area contributed by atoms with Crippen LogP contribution in [-0.2, 0) is 19.7 Å². The van der Waals surface area contributed by atoms with Crippen molar-refractivity contribution in [2.75, 3.05) is 12.4 Å². The molecule has 188 valence electrons. The zero-order chi connectivity index (χ0) is 25.4. The summed E-state index contributed by atoms with van der Waals surface area (Å²) in [5, 5.41) is 4.86. The van der Waals surface area contributed by atoms with Crippen LogP contribution in [0.3, 0.4) is 0 Å². The zero-order valence-electron chi connectivity index (χ0n) is 19.0. The highest BCUT2D eigenvalue weighted by atomic mass is 32.2. The molecule has 13 heteroatoms. The number of halogens is 2. The molecule has 1 aromatic heterocycles. The number of aromatic nitrogens is 1. The molecule has 1 aromatic carbocycles. The van der Waals surface area contributed by atoms with Crippen molar-refractivity contribution >= 4 is 27.5 Å². The van der Waals surface area contributed by atoms with Crippen LogP contribution in [0.15, 0.2) is 47.6 Å². The van der Waals surface area contributed by atoms with Gasteiger partial charge in [0.05, 0.1) is 17.3 Å². The third kappa shape index (κ3) is 5.57. The van der Waals surface area contributed by atoms with E-state index in [2.05, 4.69) is 25.8 Å². The van der Waals surface area contributed by atoms with E-state index in [9.17, 15) is 26.8 Å². The molecule has 4 N–H and O–H groups in total. The molecular weight excluding hydrogens is 484 g/mol. The topological polar surface area (TPSA) is 139 Å². The quantitative estimate of drug-likeness (QED) is 0.283. The Morgan fingerprint density at radius 1 is 1.23 bits per heavy atom. The second kappa shape index (κ2) is 9.13. The number of nitrogens with one attached hydrogen (secondary N) is 4. The number of hydrogen-bond acceptors (Lipinski definition) is 7. The smallest absolute Gasteiger partial charge is 0.276 e. The van der Waals surface area contributed by atoms with Crippen molar-refractivity contribution in [1.82, 2.24) is 20.5 Å². The molecule has 2 aromatic rings. The van der Waals surface area contributed by atoms with E-state index in [0.29, 0.717) is 0 Å². The minimum atomic E-state index is -3.97. The molecule has 0 aliphatic heterocycles. The molecule has 0 spiro atoms. The van der Waals surface area contributed by atoms with Crippen molar-refractivity contribution < 1.29 is 31.6 Å². The first-order valence-electron chi connectivity index (χ1n) is 10.9. The summed E-state index contributed by atoms with van der Waals surface area (Å²) in [6.07, 6.45) is 4.06. The SMILES string of the molecule is CNS(=O)(=O)c1cc(C2CC2)ccc1NC(C)(ONC(=O)c1cccnc1)C(=O)NC1CC1(F)F. The number of rotatable bonds is 10. The molecule has 2 aliphatic rings. The van der Waals surface area contributed by atoms with Gasteiger partial charge in [-0.15, -0.1) is 0 Å². The number of hydrogen-bond donors (Lipinski definition) is 4. The van der Waals surface area contributed by atoms with Crippen molar-refractivity contribution in [2.24, 2.45) is 0 Å². The Bertz CT molecular complexity index is 1240. The second-order valence-corrected chi connectivity index (χ2v) is 10.5. The molecule has 2 atom stereocenters. The fourth-order valence-corrected chi connectivity index (χ4v) is 4.32. The summed E-state index contributed by atoms with van der Waals surface area (Å²) in [4.78, 5) is 34.5. The van der Waals surface area contributed by atoms with Gasteiger partial charge in [-0.2, -0.15) is 0 Å². The average molecular weight is 510 g/mol. The van der Waals surface area contributed by atoms with E-state index in [0.717, 1.165) is 18.4 Å². The Labute approximate surface area is 200 Å². The third-order valence-corrected chi connectivity index (χ3v) is 7.28. The number of nitrogens with zero attached hydrogens (tertiary/aromatic N) is 1. The minimum Gasteiger partial charge on any atom is -0.347 e. The van der Waals surface area contributed by atoms with E-state index in [4.69, 9.17) is 4.84 Å². The normalized spacial score (nSPS) is 20.4. The summed E-state index contributed by atoms with van der Waals surface area (Å²) < 4.78 is 54.6. The molecule has 4 rings (SSSR count). The van der Waals surface area contributed by atoms with Crippen LogP contribution >= 0.6 is 0 Å². The van der Waals surface area contributed by atoms with Crippen molar-refractivity contribution in [1.29, 1.82) is 0 Å². The van der Waals surface area contributed by atoms with Crippen LogP contribution in [0.5, 0.6) is 0 Å². The molecule has 2 aliphatic carbocycles. The summed E-state index contributed by atoms with van der Waals surface area (Å²) in [7, 11) is -2.73. The Morgan fingerprint density at radius 2 is 1.94 bits per heavy atom. The maximum atomic E-state index is 13.5. The average Bonchev–Trinajstić information content (AvgIpc) is 3.76. The number of pyridine rings is 1. The maximum absolute atomic E-state index is 13.5. The minimum absolute atomic E-state index is 0.0143. The molecular formula is C22H25F2N5O5S. The third-order valence-electron chi connectivity index (χ3n) is 5.82. The molecule has 0 saturated heterocycles. The van der Waals surface area contributed by atoms with Crippen LogP contribution in [0.25, 0.3) is 0 Å². The van der Waals surface area contributed by atoms with Gasteiger partial charge < -0.3 is 10.6 Å². The molecule has 1 heterocycles. The van der Waals surface area contributed by atoms with Gasteiger partial charge in [0, 0.05) is 18.8 Å². The van der Waals surface area contributed by atoms with Gasteiger partial charge in [0.25, 0.3) is 17.7 Å². The zero-order valence-corrected chi connectivity index (χ0v) is 19.8. The fourth-order valence-electron chi connectivity index (χ4n) is 3.40. The highest BCUT2D eigenvalue weighted by molar-refractivity contribution is 7.89. The van der Waals surface area contributed by atoms with Crippen LogP contribution in [0.1, 0.15) is 48.0 Å². The molecule has 10 nitrogen and oxygen atoms in total. The predicted molar refractivity (Wildman–Crippen MR) is 121 cm³/mol. The van der Waals surface area contributed by atoms with Crippen molar-refractivity contribution in [3.63, 3.8) is 0 Å². The van der Waals surface area contributed by atoms with Crippen LogP contribution < -0.4 is 20.8 Å². The van der Waals surface area contributed by atoms with Crippen LogP contribution in [0.2, 0.25) is 0 Å². The fraction of sp³-hybridized carbons (Fsp3) is 0.409. The van der Waals surface area contributed by atoms with Gasteiger partial charge in [0.15, 0.2) is 0 Å². The Kier molecular flexibility index (Phi) is 6.51. The molecule has 35 heavy (non-hydrogen) atoms. The van der Waals surface area contributed by atoms with Gasteiger partial charge in [-0.1, -0.05) is 6.07 Å². The number of hydroxylamine groups is 1. The number of sulfonamides is 1. The monoisotopic (exact) mass is 509 g/mol. The summed E-state index contributed by atoms with van der Waals surface area (Å²) in [5.41, 5.74) is 0.881. The number of amides is 2. The number of benzene rings is 1. The van der Waals surface area contributed by atoms with E-state index in [1.165, 1.54) is 50.6 Å². The van der Waals surface area contributed by atoms with Crippen LogP contribution in [-0.4, -0.2) is 50.0 Å². The molecule has 2 saturated carbocycles. The summed E-state index contributed by atoms with van der Waals surface area (Å²) in [5.74, 6) is -4.58. The maximum Gasteiger partial charge on any atom is 0.276 e. The van der Waals surface area contributed by atoms with Gasteiger partial charge in [-0.3, -0.25) is 14.6 Å². The summed E-state index contributed by atoms with van der Waals surface area (Å²) in [6, 6.07) is 6.26. The van der Waals surface area contributed by atoms with Gasteiger partial charge >= 0.3 is 0 Å². The van der Waals surface area contributed by atoms with Crippen LogP contribution in [0.4, 0.5) is 14.5 Å². The van der Waals surface area contributed by atoms with Crippen molar-refractivity contribution in [3.8, 4) is 0 Å². The molecule has 2 fully saturated rings. The van der Waals surface area contributed by atoms with E-state index in [1.54, 1.807) is 6.07 Å². The van der Waals surface area contributed by atoms with Gasteiger partial charge in [-0.05, 0) is 62.6 Å². The largest absolute Gasteiger partial charge is 0.347 e. The number of carbonyl (C=O) groups excluding carboxylic acids is 2. The lowest BCUT2D eigenvalue weighted by Gasteiger charge is -2.30. The van der Waals surface area contributed by atoms with Gasteiger partial charge in [0.1, 0.15) is 4.90 Å². The van der Waals surface area contributed by atoms with E-state index in [-0.39, 0.29) is 22.1 Å². The standard InChI is InChI=1S/C22H25F2N5O5S/c1-21(20(31)27-18-11-22(18,23)24,34-29-19(30)15-4-3-9-26-12-15)28-16-8-7-14(13-5-6-13)10-17(16)35(32,33)25-2/h3-4,7-10,12-13,18,25,28H,5-6,11H2,1-2H3,(H,27,31)(H,29,30). The Morgan fingerprint density at radius 3 is 2.51 bits per heavy atom. The first-order valence-corrected chi connectivity index (χ1v) is 12.4. The second-order valence-electron chi connectivity index (χ2n) is 8.66. The highest BCUT2D eigenvalue weighted by Crippen LogP contribution is 2.43. The van der Waals surface area contributed by atoms with E-state index < -0.39 is 45.9 Å². The summed E-state index contributed by atoms with van der Waals surface area (Å²) in [6.45, 7) is 1.19. The Hall–Kier alpha value is -3.16. The number of anilines is 1. The number of alkyl halides is 2. The lowest BCUT2D eigenvalue weighted by atomic mass is 10.1. The molecule has 2 amide bonds. The predicted octanol–water partition coefficient (Wildman–Crippen LogP) is 1.88.